The van der Waals surface area contributed by atoms with Crippen molar-refractivity contribution in [2.75, 3.05) is 48.1 Å². The van der Waals surface area contributed by atoms with E-state index >= 15 is 0 Å². The predicted molar refractivity (Wildman–Crippen MR) is 98.7 cm³/mol. The van der Waals surface area contributed by atoms with Gasteiger partial charge in [0.05, 0.1) is 26.7 Å². The van der Waals surface area contributed by atoms with E-state index in [-0.39, 0.29) is 5.91 Å². The summed E-state index contributed by atoms with van der Waals surface area (Å²) in [6, 6.07) is 3.88. The molecule has 0 bridgehead atoms. The molecular weight excluding hydrogens is 336 g/mol. The quantitative estimate of drug-likeness (QED) is 0.718. The number of likely N-dealkylation sites (tertiary alicyclic amines) is 1. The van der Waals surface area contributed by atoms with Crippen LogP contribution in [0, 0.1) is 5.41 Å². The van der Waals surface area contributed by atoms with Crippen molar-refractivity contribution in [2.45, 2.75) is 25.8 Å². The number of methoxy groups -OCH3 is 4. The van der Waals surface area contributed by atoms with Gasteiger partial charge in [-0.2, -0.15) is 0 Å². The molecule has 1 atom stereocenters. The number of nitrogens with two attached hydrogens (primary N) is 1. The van der Waals surface area contributed by atoms with Gasteiger partial charge in [0.15, 0.2) is 11.5 Å². The van der Waals surface area contributed by atoms with E-state index in [0.29, 0.717) is 43.4 Å². The van der Waals surface area contributed by atoms with Crippen molar-refractivity contribution in [3.05, 3.63) is 17.7 Å². The third kappa shape index (κ3) is 4.40. The van der Waals surface area contributed by atoms with Crippen molar-refractivity contribution in [3.63, 3.8) is 0 Å². The molecule has 1 fully saturated rings. The lowest BCUT2D eigenvalue weighted by atomic mass is 9.76. The molecule has 1 amide bonds. The van der Waals surface area contributed by atoms with Crippen LogP contribution in [0.1, 0.15) is 24.8 Å². The molecule has 1 aliphatic heterocycles. The van der Waals surface area contributed by atoms with Gasteiger partial charge in [0.25, 0.3) is 0 Å². The molecule has 0 aliphatic carbocycles. The Morgan fingerprint density at radius 3 is 2.31 bits per heavy atom. The van der Waals surface area contributed by atoms with E-state index in [0.717, 1.165) is 24.9 Å². The molecule has 0 saturated carbocycles. The average molecular weight is 366 g/mol. The number of benzene rings is 1. The summed E-state index contributed by atoms with van der Waals surface area (Å²) >= 11 is 0. The number of carbonyl (C=O) groups excluding carboxylic acids is 1. The lowest BCUT2D eigenvalue weighted by Gasteiger charge is -2.40. The standard InChI is InChI=1S/C19H30N2O5/c1-23-9-7-19(18(20)22)6-5-8-21(13-19)12-14-10-15(24-2)17(26-4)16(11-14)25-3/h10-11H,5-9,12-13H2,1-4H3,(H2,20,22). The van der Waals surface area contributed by atoms with Crippen molar-refractivity contribution in [1.29, 1.82) is 0 Å². The molecule has 1 heterocycles. The number of carbonyl (C=O) groups is 1. The van der Waals surface area contributed by atoms with Gasteiger partial charge in [0.1, 0.15) is 0 Å². The Kier molecular flexibility index (Phi) is 7.11. The molecule has 1 aromatic carbocycles. The topological polar surface area (TPSA) is 83.3 Å². The number of hydrogen-bond acceptors (Lipinski definition) is 6. The van der Waals surface area contributed by atoms with Crippen molar-refractivity contribution in [3.8, 4) is 17.2 Å². The van der Waals surface area contributed by atoms with Gasteiger partial charge in [-0.25, -0.2) is 0 Å². The first-order valence-electron chi connectivity index (χ1n) is 8.79. The first-order chi connectivity index (χ1) is 12.5. The number of rotatable bonds is 9. The Morgan fingerprint density at radius 1 is 1.15 bits per heavy atom. The molecule has 1 aliphatic rings. The summed E-state index contributed by atoms with van der Waals surface area (Å²) in [5, 5.41) is 0. The van der Waals surface area contributed by atoms with Gasteiger partial charge >= 0.3 is 0 Å². The van der Waals surface area contributed by atoms with E-state index in [4.69, 9.17) is 24.7 Å². The summed E-state index contributed by atoms with van der Waals surface area (Å²) < 4.78 is 21.4. The molecule has 0 aromatic heterocycles. The molecule has 2 rings (SSSR count). The van der Waals surface area contributed by atoms with Crippen molar-refractivity contribution >= 4 is 5.91 Å². The fourth-order valence-corrected chi connectivity index (χ4v) is 3.67. The highest BCUT2D eigenvalue weighted by Gasteiger charge is 2.40. The van der Waals surface area contributed by atoms with Gasteiger partial charge in [-0.3, -0.25) is 9.69 Å². The monoisotopic (exact) mass is 366 g/mol. The van der Waals surface area contributed by atoms with Gasteiger partial charge in [0.2, 0.25) is 11.7 Å². The van der Waals surface area contributed by atoms with Crippen molar-refractivity contribution in [2.24, 2.45) is 11.1 Å². The highest BCUT2D eigenvalue weighted by atomic mass is 16.5. The fraction of sp³-hybridized carbons (Fsp3) is 0.632. The Balaban J connectivity index is 2.20. The Labute approximate surface area is 155 Å². The Bertz CT molecular complexity index is 597. The molecule has 7 heteroatoms. The third-order valence-corrected chi connectivity index (χ3v) is 5.09. The van der Waals surface area contributed by atoms with Gasteiger partial charge < -0.3 is 24.7 Å². The van der Waals surface area contributed by atoms with Crippen LogP contribution in [-0.4, -0.2) is 58.9 Å². The van der Waals surface area contributed by atoms with E-state index in [1.54, 1.807) is 28.4 Å². The summed E-state index contributed by atoms with van der Waals surface area (Å²) in [6.45, 7) is 2.75. The molecule has 0 radical (unpaired) electrons. The predicted octanol–water partition coefficient (Wildman–Crippen LogP) is 1.82. The SMILES string of the molecule is COCCC1(C(N)=O)CCCN(Cc2cc(OC)c(OC)c(OC)c2)C1. The van der Waals surface area contributed by atoms with E-state index in [1.165, 1.54) is 0 Å². The van der Waals surface area contributed by atoms with Crippen LogP contribution < -0.4 is 19.9 Å². The van der Waals surface area contributed by atoms with E-state index in [2.05, 4.69) is 4.90 Å². The summed E-state index contributed by atoms with van der Waals surface area (Å²) in [6.07, 6.45) is 2.37. The van der Waals surface area contributed by atoms with Crippen molar-refractivity contribution in [1.82, 2.24) is 4.90 Å². The first-order valence-corrected chi connectivity index (χ1v) is 8.79. The maximum atomic E-state index is 12.1. The number of amides is 1. The van der Waals surface area contributed by atoms with Crippen LogP contribution in [0.4, 0.5) is 0 Å². The van der Waals surface area contributed by atoms with Gasteiger partial charge in [-0.15, -0.1) is 0 Å². The molecule has 26 heavy (non-hydrogen) atoms. The van der Waals surface area contributed by atoms with Gasteiger partial charge in [0, 0.05) is 26.8 Å². The molecular formula is C19H30N2O5. The van der Waals surface area contributed by atoms with E-state index in [9.17, 15) is 4.79 Å². The molecule has 2 N–H and O–H groups in total. The molecule has 146 valence electrons. The van der Waals surface area contributed by atoms with Crippen LogP contribution in [0.15, 0.2) is 12.1 Å². The largest absolute Gasteiger partial charge is 0.493 e. The maximum absolute atomic E-state index is 12.1. The number of piperidine rings is 1. The normalized spacial score (nSPS) is 20.6. The summed E-state index contributed by atoms with van der Waals surface area (Å²) in [4.78, 5) is 14.4. The minimum Gasteiger partial charge on any atom is -0.493 e. The van der Waals surface area contributed by atoms with Crippen LogP contribution >= 0.6 is 0 Å². The molecule has 1 saturated heterocycles. The van der Waals surface area contributed by atoms with Crippen LogP contribution in [0.3, 0.4) is 0 Å². The molecule has 0 spiro atoms. The summed E-state index contributed by atoms with van der Waals surface area (Å²) in [5.41, 5.74) is 6.25. The summed E-state index contributed by atoms with van der Waals surface area (Å²) in [7, 11) is 6.43. The van der Waals surface area contributed by atoms with E-state index in [1.807, 2.05) is 12.1 Å². The number of nitrogens with zero attached hydrogens (tertiary/aromatic N) is 1. The minimum atomic E-state index is -0.533. The second-order valence-electron chi connectivity index (χ2n) is 6.74. The second kappa shape index (κ2) is 9.09. The third-order valence-electron chi connectivity index (χ3n) is 5.09. The summed E-state index contributed by atoms with van der Waals surface area (Å²) in [5.74, 6) is 1.58. The molecule has 1 aromatic rings. The van der Waals surface area contributed by atoms with Crippen LogP contribution in [-0.2, 0) is 16.1 Å². The molecule has 1 unspecified atom stereocenters. The smallest absolute Gasteiger partial charge is 0.225 e. The van der Waals surface area contributed by atoms with E-state index < -0.39 is 5.41 Å². The van der Waals surface area contributed by atoms with Gasteiger partial charge in [-0.1, -0.05) is 0 Å². The Hall–Kier alpha value is -1.99. The lowest BCUT2D eigenvalue weighted by molar-refractivity contribution is -0.132. The first kappa shape index (κ1) is 20.3. The fourth-order valence-electron chi connectivity index (χ4n) is 3.67. The highest BCUT2D eigenvalue weighted by Crippen LogP contribution is 2.39. The van der Waals surface area contributed by atoms with Crippen LogP contribution in [0.5, 0.6) is 17.2 Å². The van der Waals surface area contributed by atoms with Crippen LogP contribution in [0.25, 0.3) is 0 Å². The minimum absolute atomic E-state index is 0.246. The Morgan fingerprint density at radius 2 is 1.81 bits per heavy atom. The van der Waals surface area contributed by atoms with Crippen LogP contribution in [0.2, 0.25) is 0 Å². The maximum Gasteiger partial charge on any atom is 0.225 e. The van der Waals surface area contributed by atoms with Gasteiger partial charge in [-0.05, 0) is 43.5 Å². The average Bonchev–Trinajstić information content (AvgIpc) is 2.65. The zero-order valence-corrected chi connectivity index (χ0v) is 16.2. The lowest BCUT2D eigenvalue weighted by Crippen LogP contribution is -2.50. The second-order valence-corrected chi connectivity index (χ2v) is 6.74. The highest BCUT2D eigenvalue weighted by molar-refractivity contribution is 5.81. The zero-order chi connectivity index (χ0) is 19.2. The molecule has 7 nitrogen and oxygen atoms in total. The number of hydrogen-bond donors (Lipinski definition) is 1. The number of primary amides is 1. The number of ether oxygens (including phenoxy) is 4. The van der Waals surface area contributed by atoms with Crippen molar-refractivity contribution < 1.29 is 23.7 Å². The zero-order valence-electron chi connectivity index (χ0n) is 16.2.